The van der Waals surface area contributed by atoms with Crippen molar-refractivity contribution in [1.29, 1.82) is 10.5 Å². The summed E-state index contributed by atoms with van der Waals surface area (Å²) in [4.78, 5) is 0. The van der Waals surface area contributed by atoms with Gasteiger partial charge >= 0.3 is 0 Å². The number of nitrogens with two attached hydrogens (primary N) is 1. The molecule has 0 aliphatic carbocycles. The second-order valence-electron chi connectivity index (χ2n) is 7.69. The molecule has 0 saturated heterocycles. The van der Waals surface area contributed by atoms with Crippen LogP contribution in [-0.4, -0.2) is 16.9 Å². The monoisotopic (exact) mass is 593 g/mol. The van der Waals surface area contributed by atoms with Crippen molar-refractivity contribution in [2.45, 2.75) is 6.61 Å². The molecule has 0 amide bonds. The van der Waals surface area contributed by atoms with E-state index in [1.165, 1.54) is 11.8 Å². The van der Waals surface area contributed by atoms with Crippen molar-refractivity contribution in [3.63, 3.8) is 0 Å². The van der Waals surface area contributed by atoms with Gasteiger partial charge in [-0.2, -0.15) is 15.6 Å². The number of aromatic nitrogens is 2. The zero-order valence-electron chi connectivity index (χ0n) is 19.4. The highest BCUT2D eigenvalue weighted by Crippen LogP contribution is 2.37. The van der Waals surface area contributed by atoms with Crippen LogP contribution >= 0.6 is 39.1 Å². The average Bonchev–Trinajstić information content (AvgIpc) is 3.23. The van der Waals surface area contributed by atoms with Crippen LogP contribution in [0.1, 0.15) is 22.4 Å². The van der Waals surface area contributed by atoms with Crippen LogP contribution in [0.15, 0.2) is 65.1 Å². The Bertz CT molecular complexity index is 1590. The number of nitrogen functional groups attached to an aromatic ring is 1. The number of hydrogen-bond donors (Lipinski definition) is 1. The summed E-state index contributed by atoms with van der Waals surface area (Å²) in [6.45, 7) is 0.194. The zero-order valence-corrected chi connectivity index (χ0v) is 22.5. The molecule has 184 valence electrons. The second kappa shape index (κ2) is 11.4. The van der Waals surface area contributed by atoms with Gasteiger partial charge in [-0.3, -0.25) is 0 Å². The number of methoxy groups -OCH3 is 1. The Morgan fingerprint density at radius 3 is 2.51 bits per heavy atom. The Morgan fingerprint density at radius 1 is 1.11 bits per heavy atom. The fourth-order valence-electron chi connectivity index (χ4n) is 3.53. The van der Waals surface area contributed by atoms with Gasteiger partial charge < -0.3 is 15.2 Å². The van der Waals surface area contributed by atoms with Crippen LogP contribution in [0.5, 0.6) is 11.5 Å². The third kappa shape index (κ3) is 5.58. The topological polar surface area (TPSA) is 110 Å². The van der Waals surface area contributed by atoms with Gasteiger partial charge in [0.1, 0.15) is 35.8 Å². The maximum atomic E-state index is 9.95. The van der Waals surface area contributed by atoms with Crippen molar-refractivity contribution >= 4 is 56.6 Å². The molecule has 0 unspecified atom stereocenters. The van der Waals surface area contributed by atoms with Gasteiger partial charge in [-0.25, -0.2) is 4.68 Å². The maximum absolute atomic E-state index is 9.95. The normalized spacial score (nSPS) is 11.0. The Labute approximate surface area is 232 Å². The molecule has 1 aromatic heterocycles. The van der Waals surface area contributed by atoms with Crippen LogP contribution in [0.2, 0.25) is 10.0 Å². The molecule has 0 radical (unpaired) electrons. The molecule has 0 bridgehead atoms. The number of nitriles is 2. The SMILES string of the molecule is COc1cc(/C=C(\C#N)c2nn(-c3ccccc3)c(N)c2C#N)c(Br)cc1OCc1ccc(Cl)cc1Cl. The van der Waals surface area contributed by atoms with Crippen LogP contribution in [0.25, 0.3) is 17.3 Å². The first-order valence-electron chi connectivity index (χ1n) is 10.8. The van der Waals surface area contributed by atoms with E-state index in [1.807, 2.05) is 18.2 Å². The Hall–Kier alpha value is -3.95. The smallest absolute Gasteiger partial charge is 0.162 e. The zero-order chi connectivity index (χ0) is 26.5. The van der Waals surface area contributed by atoms with Crippen LogP contribution in [0.3, 0.4) is 0 Å². The first-order chi connectivity index (χ1) is 17.9. The molecule has 4 rings (SSSR count). The number of allylic oxidation sites excluding steroid dienone is 1. The molecule has 0 aliphatic heterocycles. The molecule has 1 heterocycles. The van der Waals surface area contributed by atoms with E-state index in [2.05, 4.69) is 33.2 Å². The van der Waals surface area contributed by atoms with Crippen molar-refractivity contribution in [1.82, 2.24) is 9.78 Å². The molecular weight excluding hydrogens is 577 g/mol. The molecule has 0 saturated carbocycles. The van der Waals surface area contributed by atoms with Crippen molar-refractivity contribution in [2.75, 3.05) is 12.8 Å². The van der Waals surface area contributed by atoms with Gasteiger partial charge in [-0.1, -0.05) is 63.4 Å². The van der Waals surface area contributed by atoms with Gasteiger partial charge in [0.05, 0.1) is 18.4 Å². The fourth-order valence-corrected chi connectivity index (χ4v) is 4.43. The largest absolute Gasteiger partial charge is 0.493 e. The summed E-state index contributed by atoms with van der Waals surface area (Å²) in [5.41, 5.74) is 8.69. The molecule has 0 aliphatic rings. The molecule has 3 aromatic carbocycles. The van der Waals surface area contributed by atoms with Gasteiger partial charge in [-0.15, -0.1) is 0 Å². The molecule has 10 heteroatoms. The standard InChI is InChI=1S/C27H18BrCl2N5O2/c1-36-24-10-17(22(28)12-25(24)37-15-16-7-8-19(29)11-23(16)30)9-18(13-31)26-21(14-32)27(33)35(34-26)20-5-3-2-4-6-20/h2-12H,15,33H2,1H3/b18-9+. The van der Waals surface area contributed by atoms with Crippen LogP contribution in [0, 0.1) is 22.7 Å². The first kappa shape index (κ1) is 26.1. The highest BCUT2D eigenvalue weighted by molar-refractivity contribution is 9.10. The van der Waals surface area contributed by atoms with E-state index in [0.717, 1.165) is 5.56 Å². The number of halogens is 3. The quantitative estimate of drug-likeness (QED) is 0.230. The molecule has 2 N–H and O–H groups in total. The fraction of sp³-hybridized carbons (Fsp3) is 0.0741. The predicted molar refractivity (Wildman–Crippen MR) is 148 cm³/mol. The van der Waals surface area contributed by atoms with E-state index >= 15 is 0 Å². The van der Waals surface area contributed by atoms with Crippen molar-refractivity contribution in [3.8, 4) is 29.3 Å². The number of hydrogen-bond acceptors (Lipinski definition) is 6. The van der Waals surface area contributed by atoms with Gasteiger partial charge in [0.15, 0.2) is 11.5 Å². The van der Waals surface area contributed by atoms with Crippen LogP contribution in [0.4, 0.5) is 5.82 Å². The van der Waals surface area contributed by atoms with Gasteiger partial charge in [-0.05, 0) is 48.0 Å². The van der Waals surface area contributed by atoms with Crippen molar-refractivity contribution < 1.29 is 9.47 Å². The van der Waals surface area contributed by atoms with E-state index < -0.39 is 0 Å². The molecule has 4 aromatic rings. The lowest BCUT2D eigenvalue weighted by molar-refractivity contribution is 0.284. The van der Waals surface area contributed by atoms with E-state index in [9.17, 15) is 10.5 Å². The lowest BCUT2D eigenvalue weighted by atomic mass is 10.1. The maximum Gasteiger partial charge on any atom is 0.162 e. The number of para-hydroxylation sites is 1. The summed E-state index contributed by atoms with van der Waals surface area (Å²) in [7, 11) is 1.51. The number of ether oxygens (including phenoxy) is 2. The second-order valence-corrected chi connectivity index (χ2v) is 9.38. The van der Waals surface area contributed by atoms with Crippen LogP contribution < -0.4 is 15.2 Å². The van der Waals surface area contributed by atoms with Gasteiger partial charge in [0, 0.05) is 20.1 Å². The predicted octanol–water partition coefficient (Wildman–Crippen LogP) is 7.05. The summed E-state index contributed by atoms with van der Waals surface area (Å²) in [6, 6.07) is 21.9. The third-order valence-corrected chi connectivity index (χ3v) is 6.66. The van der Waals surface area contributed by atoms with E-state index in [0.29, 0.717) is 37.3 Å². The molecule has 0 fully saturated rings. The number of nitrogens with zero attached hydrogens (tertiary/aromatic N) is 4. The molecule has 7 nitrogen and oxygen atoms in total. The van der Waals surface area contributed by atoms with Crippen LogP contribution in [-0.2, 0) is 6.61 Å². The summed E-state index contributed by atoms with van der Waals surface area (Å²) in [6.07, 6.45) is 1.60. The van der Waals surface area contributed by atoms with Gasteiger partial charge in [0.2, 0.25) is 0 Å². The molecule has 0 spiro atoms. The summed E-state index contributed by atoms with van der Waals surface area (Å²) in [5, 5.41) is 25.2. The molecule has 0 atom stereocenters. The minimum absolute atomic E-state index is 0.111. The van der Waals surface area contributed by atoms with Crippen molar-refractivity contribution in [3.05, 3.63) is 97.6 Å². The highest BCUT2D eigenvalue weighted by atomic mass is 79.9. The lowest BCUT2D eigenvalue weighted by Crippen LogP contribution is -2.02. The highest BCUT2D eigenvalue weighted by Gasteiger charge is 2.21. The molecular formula is C27H18BrCl2N5O2. The van der Waals surface area contributed by atoms with E-state index in [1.54, 1.807) is 48.5 Å². The number of anilines is 1. The lowest BCUT2D eigenvalue weighted by Gasteiger charge is -2.14. The Kier molecular flexibility index (Phi) is 8.05. The van der Waals surface area contributed by atoms with E-state index in [-0.39, 0.29) is 29.3 Å². The van der Waals surface area contributed by atoms with Crippen molar-refractivity contribution in [2.24, 2.45) is 0 Å². The molecule has 37 heavy (non-hydrogen) atoms. The Morgan fingerprint density at radius 2 is 1.86 bits per heavy atom. The summed E-state index contributed by atoms with van der Waals surface area (Å²) >= 11 is 15.8. The first-order valence-corrected chi connectivity index (χ1v) is 12.3. The van der Waals surface area contributed by atoms with E-state index in [4.69, 9.17) is 38.4 Å². The number of rotatable bonds is 7. The van der Waals surface area contributed by atoms with Gasteiger partial charge in [0.25, 0.3) is 0 Å². The Balaban J connectivity index is 1.70. The minimum Gasteiger partial charge on any atom is -0.493 e. The summed E-state index contributed by atoms with van der Waals surface area (Å²) < 4.78 is 13.5. The average molecular weight is 595 g/mol. The minimum atomic E-state index is 0.111. The third-order valence-electron chi connectivity index (χ3n) is 5.39. The number of benzene rings is 3. The summed E-state index contributed by atoms with van der Waals surface area (Å²) in [5.74, 6) is 1.05.